The van der Waals surface area contributed by atoms with Crippen molar-refractivity contribution < 1.29 is 28.0 Å². The maximum absolute atomic E-state index is 14.2. The second-order valence-corrected chi connectivity index (χ2v) is 15.9. The molecule has 59 heavy (non-hydrogen) atoms. The van der Waals surface area contributed by atoms with E-state index in [9.17, 15) is 24.0 Å². The Labute approximate surface area is 345 Å². The van der Waals surface area contributed by atoms with Gasteiger partial charge in [-0.25, -0.2) is 19.6 Å². The first-order valence-electron chi connectivity index (χ1n) is 19.3. The van der Waals surface area contributed by atoms with E-state index in [4.69, 9.17) is 13.6 Å². The molecule has 0 N–H and O–H groups in total. The van der Waals surface area contributed by atoms with Crippen molar-refractivity contribution in [3.05, 3.63) is 121 Å². The number of fused-ring (bicyclic) bond motifs is 4. The predicted octanol–water partition coefficient (Wildman–Crippen LogP) is 7.55. The zero-order valence-electron chi connectivity index (χ0n) is 32.5. The number of Topliss-reactive ketones (excluding diaryl/α,β-unsaturated/α-hetero) is 2. The van der Waals surface area contributed by atoms with Crippen LogP contribution in [0.3, 0.4) is 0 Å². The van der Waals surface area contributed by atoms with Crippen molar-refractivity contribution in [2.75, 3.05) is 47.4 Å². The van der Waals surface area contributed by atoms with Crippen LogP contribution in [0.25, 0.3) is 43.1 Å². The molecule has 0 bridgehead atoms. The van der Waals surface area contributed by atoms with Crippen LogP contribution in [-0.2, 0) is 15.1 Å². The first-order valence-corrected chi connectivity index (χ1v) is 21.1. The van der Waals surface area contributed by atoms with Crippen LogP contribution in [0, 0.1) is 0 Å². The van der Waals surface area contributed by atoms with Crippen molar-refractivity contribution in [2.24, 2.45) is 0 Å². The Hall–Kier alpha value is -6.29. The van der Waals surface area contributed by atoms with Gasteiger partial charge in [-0.2, -0.15) is 0 Å². The van der Waals surface area contributed by atoms with Crippen molar-refractivity contribution in [3.8, 4) is 21.1 Å². The summed E-state index contributed by atoms with van der Waals surface area (Å²) >= 11 is 2.24. The lowest BCUT2D eigenvalue weighted by Gasteiger charge is -2.20. The Morgan fingerprint density at radius 2 is 1.24 bits per heavy atom. The van der Waals surface area contributed by atoms with Gasteiger partial charge in [-0.1, -0.05) is 18.2 Å². The lowest BCUT2D eigenvalue weighted by molar-refractivity contribution is -0.122. The number of amides is 1. The maximum atomic E-state index is 14.2. The molecule has 0 saturated carbocycles. The van der Waals surface area contributed by atoms with Crippen LogP contribution in [0.2, 0.25) is 0 Å². The number of benzene rings is 3. The minimum atomic E-state index is -1.63. The van der Waals surface area contributed by atoms with Crippen molar-refractivity contribution in [1.29, 1.82) is 0 Å². The van der Waals surface area contributed by atoms with Crippen LogP contribution in [0.1, 0.15) is 54.2 Å². The van der Waals surface area contributed by atoms with Gasteiger partial charge in [0.25, 0.3) is 5.91 Å². The highest BCUT2D eigenvalue weighted by molar-refractivity contribution is 7.13. The lowest BCUT2D eigenvalue weighted by atomic mass is 9.94. The molecule has 0 aliphatic carbocycles. The summed E-state index contributed by atoms with van der Waals surface area (Å²) in [5.74, 6) is -1.55. The van der Waals surface area contributed by atoms with E-state index in [1.807, 2.05) is 36.4 Å². The smallest absolute Gasteiger partial charge is 0.346 e. The largest absolute Gasteiger partial charge is 0.422 e. The number of hydrogen-bond donors (Lipinski definition) is 0. The van der Waals surface area contributed by atoms with Gasteiger partial charge in [-0.3, -0.25) is 14.4 Å². The summed E-state index contributed by atoms with van der Waals surface area (Å²) in [4.78, 5) is 82.7. The van der Waals surface area contributed by atoms with E-state index in [0.717, 1.165) is 65.6 Å². The Morgan fingerprint density at radius 3 is 1.80 bits per heavy atom. The van der Waals surface area contributed by atoms with Gasteiger partial charge in [0.05, 0.1) is 23.4 Å². The molecular weight excluding hydrogens is 791 g/mol. The number of epoxide rings is 1. The van der Waals surface area contributed by atoms with Gasteiger partial charge in [0.2, 0.25) is 17.2 Å². The predicted molar refractivity (Wildman–Crippen MR) is 228 cm³/mol. The van der Waals surface area contributed by atoms with Crippen LogP contribution >= 0.6 is 22.7 Å². The second kappa shape index (κ2) is 14.8. The van der Waals surface area contributed by atoms with Crippen LogP contribution in [0.4, 0.5) is 17.1 Å². The van der Waals surface area contributed by atoms with Gasteiger partial charge < -0.3 is 28.3 Å². The summed E-state index contributed by atoms with van der Waals surface area (Å²) in [6, 6.07) is 21.7. The normalized spacial score (nSPS) is 16.9. The molecule has 3 aromatic carbocycles. The second-order valence-electron chi connectivity index (χ2n) is 14.2. The monoisotopic (exact) mass is 827 g/mol. The highest BCUT2D eigenvalue weighted by atomic mass is 32.1. The molecule has 2 atom stereocenters. The molecule has 2 unspecified atom stereocenters. The van der Waals surface area contributed by atoms with Gasteiger partial charge in [-0.15, -0.1) is 22.7 Å². The lowest BCUT2D eigenvalue weighted by Crippen LogP contribution is -2.38. The molecule has 9 rings (SSSR count). The summed E-state index contributed by atoms with van der Waals surface area (Å²) < 4.78 is 17.4. The molecule has 1 amide bonds. The summed E-state index contributed by atoms with van der Waals surface area (Å²) in [6.45, 7) is 11.1. The molecule has 1 saturated heterocycles. The number of ether oxygens (including phenoxy) is 1. The van der Waals surface area contributed by atoms with Gasteiger partial charge in [-0.05, 0) is 70.2 Å². The maximum Gasteiger partial charge on any atom is 0.346 e. The average Bonchev–Trinajstić information content (AvgIpc) is 3.49. The highest BCUT2D eigenvalue weighted by Crippen LogP contribution is 2.56. The molecule has 298 valence electrons. The number of hydrogen-bond acceptors (Lipinski definition) is 14. The van der Waals surface area contributed by atoms with E-state index >= 15 is 0 Å². The molecule has 1 spiro atoms. The third-order valence-corrected chi connectivity index (χ3v) is 12.8. The number of para-hydroxylation sites is 1. The van der Waals surface area contributed by atoms with E-state index in [1.54, 1.807) is 41.8 Å². The molecule has 4 aromatic heterocycles. The Kier molecular flexibility index (Phi) is 9.61. The third-order valence-electron chi connectivity index (χ3n) is 11.0. The summed E-state index contributed by atoms with van der Waals surface area (Å²) in [5, 5.41) is 5.12. The number of carbonyl (C=O) groups is 3. The fourth-order valence-corrected chi connectivity index (χ4v) is 9.47. The minimum Gasteiger partial charge on any atom is -0.422 e. The molecule has 13 nitrogen and oxygen atoms in total. The molecule has 7 aromatic rings. The van der Waals surface area contributed by atoms with Crippen molar-refractivity contribution >= 4 is 79.1 Å². The van der Waals surface area contributed by atoms with E-state index < -0.39 is 40.4 Å². The topological polar surface area (TPSA) is 160 Å². The van der Waals surface area contributed by atoms with Gasteiger partial charge in [0, 0.05) is 76.8 Å². The van der Waals surface area contributed by atoms with Crippen LogP contribution in [-0.4, -0.2) is 66.3 Å². The fourth-order valence-electron chi connectivity index (χ4n) is 7.83. The molecule has 6 heterocycles. The molecular formula is C44H37N5O8S2. The number of nitrogens with zero attached hydrogens (tertiary/aromatic N) is 5. The van der Waals surface area contributed by atoms with Crippen molar-refractivity contribution in [3.63, 3.8) is 0 Å². The van der Waals surface area contributed by atoms with Crippen molar-refractivity contribution in [2.45, 2.75) is 39.4 Å². The number of aromatic nitrogens is 2. The van der Waals surface area contributed by atoms with Gasteiger partial charge >= 0.3 is 11.3 Å². The molecule has 0 radical (unpaired) electrons. The van der Waals surface area contributed by atoms with E-state index in [1.165, 1.54) is 10.3 Å². The average molecular weight is 828 g/mol. The number of rotatable bonds is 13. The molecule has 2 aliphatic heterocycles. The number of thiazole rings is 2. The molecule has 15 heteroatoms. The zero-order valence-corrected chi connectivity index (χ0v) is 34.1. The Morgan fingerprint density at radius 1 is 0.712 bits per heavy atom. The van der Waals surface area contributed by atoms with E-state index in [-0.39, 0.29) is 29.1 Å². The zero-order chi connectivity index (χ0) is 41.2. The minimum absolute atomic E-state index is 0.0422. The first-order chi connectivity index (χ1) is 28.6. The summed E-state index contributed by atoms with van der Waals surface area (Å²) in [5.41, 5.74) is 1.45. The third kappa shape index (κ3) is 6.36. The van der Waals surface area contributed by atoms with Gasteiger partial charge in [0.15, 0.2) is 6.10 Å². The standard InChI is InChI=1S/C44H37N5O8S2/c1-5-47(6-2)26-15-13-24-17-28(41(52)55-35(24)19-26)39-45-31(22-58-39)34(50)21-49-33-12-10-9-11-30(33)44(43(49)54)38(57-44)37(51)32-23-59-40(46-32)29-18-25-14-16-27(48(7-3)8-4)20-36(25)56-42(29)53/h9-20,22-23,38H,5-8,21H2,1-4H3. The molecule has 2 aliphatic rings. The Balaban J connectivity index is 0.932. The van der Waals surface area contributed by atoms with E-state index in [2.05, 4.69) is 47.5 Å². The Bertz CT molecular complexity index is 2960. The number of ketones is 2. The summed E-state index contributed by atoms with van der Waals surface area (Å²) in [6.07, 6.45) is -1.20. The summed E-state index contributed by atoms with van der Waals surface area (Å²) in [7, 11) is 0. The van der Waals surface area contributed by atoms with Crippen LogP contribution in [0.15, 0.2) is 102 Å². The van der Waals surface area contributed by atoms with Crippen molar-refractivity contribution in [1.82, 2.24) is 9.97 Å². The van der Waals surface area contributed by atoms with Crippen LogP contribution < -0.4 is 26.0 Å². The SMILES string of the molecule is CCN(CC)c1ccc2cc(-c3nc(C(=O)CN4C(=O)C5(OC5C(=O)c5csc(-c6cc7ccc(N(CC)CC)cc7oc6=O)n5)c5ccccc54)cs3)c(=O)oc2c1. The number of carbonyl (C=O) groups excluding carboxylic acids is 3. The molecule has 1 fully saturated rings. The fraction of sp³-hybridized carbons (Fsp3) is 0.250. The first kappa shape index (κ1) is 38.2. The van der Waals surface area contributed by atoms with Gasteiger partial charge in [0.1, 0.15) is 32.6 Å². The highest BCUT2D eigenvalue weighted by Gasteiger charge is 2.72. The quantitative estimate of drug-likeness (QED) is 0.0639. The van der Waals surface area contributed by atoms with E-state index in [0.29, 0.717) is 37.8 Å². The van der Waals surface area contributed by atoms with Crippen LogP contribution in [0.5, 0.6) is 0 Å². The number of anilines is 3.